The normalized spacial score (nSPS) is 27.2. The van der Waals surface area contributed by atoms with Crippen molar-refractivity contribution in [3.63, 3.8) is 0 Å². The lowest BCUT2D eigenvalue weighted by atomic mass is 9.94. The molecule has 0 saturated carbocycles. The van der Waals surface area contributed by atoms with Crippen molar-refractivity contribution in [2.45, 2.75) is 45.6 Å². The van der Waals surface area contributed by atoms with Gasteiger partial charge >= 0.3 is 0 Å². The lowest BCUT2D eigenvalue weighted by Crippen LogP contribution is -2.49. The highest BCUT2D eigenvalue weighted by Crippen LogP contribution is 2.29. The number of piperidine rings is 1. The van der Waals surface area contributed by atoms with Crippen LogP contribution in [0.5, 0.6) is 0 Å². The smallest absolute Gasteiger partial charge is 0.239 e. The number of carbonyl (C=O) groups excluding carboxylic acids is 2. The van der Waals surface area contributed by atoms with Crippen LogP contribution in [-0.2, 0) is 9.59 Å². The molecule has 2 aliphatic rings. The summed E-state index contributed by atoms with van der Waals surface area (Å²) >= 11 is 0. The molecule has 1 N–H and O–H groups in total. The summed E-state index contributed by atoms with van der Waals surface area (Å²) in [6.45, 7) is 7.81. The molecule has 2 heterocycles. The number of hydrogen-bond donors (Lipinski definition) is 1. The number of amides is 2. The van der Waals surface area contributed by atoms with E-state index in [1.807, 2.05) is 31.2 Å². The van der Waals surface area contributed by atoms with Gasteiger partial charge in [-0.2, -0.15) is 0 Å². The van der Waals surface area contributed by atoms with E-state index in [9.17, 15) is 14.7 Å². The van der Waals surface area contributed by atoms with Gasteiger partial charge in [-0.3, -0.25) is 9.59 Å². The number of rotatable bonds is 3. The van der Waals surface area contributed by atoms with Gasteiger partial charge in [0.25, 0.3) is 0 Å². The molecule has 3 unspecified atom stereocenters. The SMILES string of the molecule is CC(C)c1ccc(N2CCC(C(=O)N3CCC(C)C(O)C3)C2=O)cc1. The van der Waals surface area contributed by atoms with Crippen molar-refractivity contribution >= 4 is 17.5 Å². The van der Waals surface area contributed by atoms with Gasteiger partial charge in [0.05, 0.1) is 6.10 Å². The van der Waals surface area contributed by atoms with Crippen molar-refractivity contribution in [1.29, 1.82) is 0 Å². The van der Waals surface area contributed by atoms with E-state index in [2.05, 4.69) is 13.8 Å². The van der Waals surface area contributed by atoms with Crippen LogP contribution in [0.25, 0.3) is 0 Å². The monoisotopic (exact) mass is 344 g/mol. The number of nitrogens with zero attached hydrogens (tertiary/aromatic N) is 2. The molecule has 25 heavy (non-hydrogen) atoms. The van der Waals surface area contributed by atoms with Crippen LogP contribution < -0.4 is 4.90 Å². The van der Waals surface area contributed by atoms with Crippen molar-refractivity contribution in [1.82, 2.24) is 4.90 Å². The van der Waals surface area contributed by atoms with Crippen LogP contribution >= 0.6 is 0 Å². The summed E-state index contributed by atoms with van der Waals surface area (Å²) < 4.78 is 0. The molecule has 0 aliphatic carbocycles. The van der Waals surface area contributed by atoms with Gasteiger partial charge < -0.3 is 14.9 Å². The van der Waals surface area contributed by atoms with E-state index in [4.69, 9.17) is 0 Å². The van der Waals surface area contributed by atoms with Gasteiger partial charge in [-0.25, -0.2) is 0 Å². The molecule has 3 atom stereocenters. The minimum absolute atomic E-state index is 0.115. The predicted octanol–water partition coefficient (Wildman–Crippen LogP) is 2.39. The van der Waals surface area contributed by atoms with Crippen LogP contribution in [0.2, 0.25) is 0 Å². The van der Waals surface area contributed by atoms with Crippen LogP contribution in [0.1, 0.15) is 45.1 Å². The zero-order valence-corrected chi connectivity index (χ0v) is 15.3. The summed E-state index contributed by atoms with van der Waals surface area (Å²) in [4.78, 5) is 28.9. The van der Waals surface area contributed by atoms with Crippen LogP contribution in [0.3, 0.4) is 0 Å². The van der Waals surface area contributed by atoms with Gasteiger partial charge in [0.15, 0.2) is 0 Å². The quantitative estimate of drug-likeness (QED) is 0.857. The highest BCUT2D eigenvalue weighted by molar-refractivity contribution is 6.09. The molecular weight excluding hydrogens is 316 g/mol. The summed E-state index contributed by atoms with van der Waals surface area (Å²) in [5.41, 5.74) is 2.09. The fraction of sp³-hybridized carbons (Fsp3) is 0.600. The van der Waals surface area contributed by atoms with Gasteiger partial charge in [0.2, 0.25) is 11.8 Å². The number of likely N-dealkylation sites (tertiary alicyclic amines) is 1. The second-order valence-electron chi connectivity index (χ2n) is 7.69. The van der Waals surface area contributed by atoms with E-state index in [1.54, 1.807) is 9.80 Å². The van der Waals surface area contributed by atoms with Crippen molar-refractivity contribution in [3.8, 4) is 0 Å². The minimum atomic E-state index is -0.606. The number of benzene rings is 1. The summed E-state index contributed by atoms with van der Waals surface area (Å²) in [6.07, 6.45) is 0.842. The standard InChI is InChI=1S/C20H28N2O3/c1-13(2)15-4-6-16(7-5-15)22-11-9-17(20(22)25)19(24)21-10-8-14(3)18(23)12-21/h4-7,13-14,17-18,23H,8-12H2,1-3H3. The Morgan fingerprint density at radius 3 is 2.44 bits per heavy atom. The average Bonchev–Trinajstić information content (AvgIpc) is 2.98. The molecule has 2 amide bonds. The molecule has 2 saturated heterocycles. The van der Waals surface area contributed by atoms with E-state index in [0.717, 1.165) is 12.1 Å². The Kier molecular flexibility index (Phi) is 5.13. The van der Waals surface area contributed by atoms with Gasteiger partial charge in [-0.1, -0.05) is 32.9 Å². The zero-order chi connectivity index (χ0) is 18.1. The molecule has 5 heteroatoms. The topological polar surface area (TPSA) is 60.9 Å². The van der Waals surface area contributed by atoms with Crippen molar-refractivity contribution in [2.24, 2.45) is 11.8 Å². The van der Waals surface area contributed by atoms with Gasteiger partial charge in [0, 0.05) is 25.3 Å². The Morgan fingerprint density at radius 1 is 1.16 bits per heavy atom. The molecule has 2 aliphatic heterocycles. The van der Waals surface area contributed by atoms with E-state index in [1.165, 1.54) is 5.56 Å². The van der Waals surface area contributed by atoms with E-state index in [-0.39, 0.29) is 17.7 Å². The first-order valence-electron chi connectivity index (χ1n) is 9.26. The van der Waals surface area contributed by atoms with E-state index in [0.29, 0.717) is 32.0 Å². The van der Waals surface area contributed by atoms with Crippen LogP contribution in [0.4, 0.5) is 5.69 Å². The molecular formula is C20H28N2O3. The number of aliphatic hydroxyl groups excluding tert-OH is 1. The molecule has 1 aromatic carbocycles. The van der Waals surface area contributed by atoms with E-state index >= 15 is 0 Å². The first kappa shape index (κ1) is 17.9. The maximum atomic E-state index is 12.8. The Labute approximate surface area is 149 Å². The number of carbonyl (C=O) groups is 2. The van der Waals surface area contributed by atoms with Crippen LogP contribution in [0, 0.1) is 11.8 Å². The van der Waals surface area contributed by atoms with Gasteiger partial charge in [-0.05, 0) is 42.4 Å². The molecule has 0 spiro atoms. The number of hydrogen-bond acceptors (Lipinski definition) is 3. The summed E-state index contributed by atoms with van der Waals surface area (Å²) in [6, 6.07) is 8.02. The summed E-state index contributed by atoms with van der Waals surface area (Å²) in [7, 11) is 0. The maximum Gasteiger partial charge on any atom is 0.239 e. The molecule has 0 aromatic heterocycles. The second kappa shape index (κ2) is 7.16. The number of β-amino-alcohol motifs (C(OH)–C–C–N with tert-alkyl or cyclic N) is 1. The maximum absolute atomic E-state index is 12.8. The third-order valence-corrected chi connectivity index (χ3v) is 5.61. The Hall–Kier alpha value is -1.88. The second-order valence-corrected chi connectivity index (χ2v) is 7.69. The number of anilines is 1. The molecule has 1 aromatic rings. The van der Waals surface area contributed by atoms with Crippen LogP contribution in [-0.4, -0.2) is 47.6 Å². The fourth-order valence-electron chi connectivity index (χ4n) is 3.67. The molecule has 136 valence electrons. The minimum Gasteiger partial charge on any atom is -0.391 e. The first-order chi connectivity index (χ1) is 11.9. The number of aliphatic hydroxyl groups is 1. The third kappa shape index (κ3) is 3.56. The highest BCUT2D eigenvalue weighted by Gasteiger charge is 2.41. The zero-order valence-electron chi connectivity index (χ0n) is 15.3. The summed E-state index contributed by atoms with van der Waals surface area (Å²) in [5.74, 6) is -0.192. The predicted molar refractivity (Wildman–Crippen MR) is 97.4 cm³/mol. The van der Waals surface area contributed by atoms with Gasteiger partial charge in [0.1, 0.15) is 5.92 Å². The summed E-state index contributed by atoms with van der Waals surface area (Å²) in [5, 5.41) is 10.0. The highest BCUT2D eigenvalue weighted by atomic mass is 16.3. The largest absolute Gasteiger partial charge is 0.391 e. The Balaban J connectivity index is 1.68. The lowest BCUT2D eigenvalue weighted by Gasteiger charge is -2.35. The molecule has 2 fully saturated rings. The van der Waals surface area contributed by atoms with Crippen LogP contribution in [0.15, 0.2) is 24.3 Å². The molecule has 0 radical (unpaired) electrons. The lowest BCUT2D eigenvalue weighted by molar-refractivity contribution is -0.143. The first-order valence-corrected chi connectivity index (χ1v) is 9.26. The Bertz CT molecular complexity index is 641. The van der Waals surface area contributed by atoms with Crippen molar-refractivity contribution in [3.05, 3.63) is 29.8 Å². The fourth-order valence-corrected chi connectivity index (χ4v) is 3.67. The average molecular weight is 344 g/mol. The van der Waals surface area contributed by atoms with Gasteiger partial charge in [-0.15, -0.1) is 0 Å². The van der Waals surface area contributed by atoms with E-state index < -0.39 is 12.0 Å². The molecule has 3 rings (SSSR count). The molecule has 0 bridgehead atoms. The third-order valence-electron chi connectivity index (χ3n) is 5.61. The Morgan fingerprint density at radius 2 is 1.84 bits per heavy atom. The molecule has 5 nitrogen and oxygen atoms in total. The van der Waals surface area contributed by atoms with Crippen molar-refractivity contribution in [2.75, 3.05) is 24.5 Å². The van der Waals surface area contributed by atoms with Crippen molar-refractivity contribution < 1.29 is 14.7 Å².